The maximum Gasteiger partial charge on any atom is 0.240 e. The number of anilines is 1. The molecule has 0 spiro atoms. The third-order valence-corrected chi connectivity index (χ3v) is 6.60. The highest BCUT2D eigenvalue weighted by atomic mass is 127. The monoisotopic (exact) mass is 515 g/mol. The molecule has 0 aromatic heterocycles. The van der Waals surface area contributed by atoms with Crippen LogP contribution in [0.5, 0.6) is 0 Å². The van der Waals surface area contributed by atoms with Crippen molar-refractivity contribution in [3.63, 3.8) is 0 Å². The van der Waals surface area contributed by atoms with Crippen molar-refractivity contribution in [3.05, 3.63) is 64.9 Å². The zero-order valence-electron chi connectivity index (χ0n) is 17.1. The Kier molecular flexibility index (Phi) is 6.51. The number of carbonyl (C=O) groups excluding carboxylic acids is 2. The van der Waals surface area contributed by atoms with Gasteiger partial charge < -0.3 is 5.32 Å². The van der Waals surface area contributed by atoms with Gasteiger partial charge in [-0.05, 0) is 42.5 Å². The van der Waals surface area contributed by atoms with Gasteiger partial charge in [0.2, 0.25) is 5.91 Å². The number of allylic oxidation sites excluding steroid dienone is 6. The first-order chi connectivity index (χ1) is 14.5. The number of Topliss-reactive ketones (excluding diaryl/α,β-unsaturated/α-hetero) is 1. The molecule has 0 saturated carbocycles. The average molecular weight is 515 g/mol. The molecular formula is C24H26IN3O2. The van der Waals surface area contributed by atoms with Gasteiger partial charge in [0.25, 0.3) is 0 Å². The van der Waals surface area contributed by atoms with Gasteiger partial charge in [0.05, 0.1) is 5.71 Å². The molecule has 0 fully saturated rings. The van der Waals surface area contributed by atoms with Crippen LogP contribution in [0.15, 0.2) is 64.4 Å². The summed E-state index contributed by atoms with van der Waals surface area (Å²) in [6.45, 7) is 2.02. The molecule has 1 aliphatic heterocycles. The van der Waals surface area contributed by atoms with Crippen molar-refractivity contribution in [3.8, 4) is 0 Å². The Morgan fingerprint density at radius 3 is 2.73 bits per heavy atom. The van der Waals surface area contributed by atoms with Crippen molar-refractivity contribution in [2.24, 2.45) is 11.0 Å². The van der Waals surface area contributed by atoms with Crippen LogP contribution in [0.1, 0.15) is 51.0 Å². The molecule has 2 unspecified atom stereocenters. The van der Waals surface area contributed by atoms with Crippen LogP contribution in [-0.2, 0) is 9.59 Å². The van der Waals surface area contributed by atoms with Gasteiger partial charge in [-0.1, -0.05) is 59.9 Å². The number of hydrogen-bond donors (Lipinski definition) is 2. The Labute approximate surface area is 190 Å². The molecule has 1 amide bonds. The summed E-state index contributed by atoms with van der Waals surface area (Å²) >= 11 is 2.44. The van der Waals surface area contributed by atoms with Crippen LogP contribution in [-0.4, -0.2) is 21.3 Å². The molecule has 1 heterocycles. The van der Waals surface area contributed by atoms with E-state index in [1.165, 1.54) is 5.57 Å². The van der Waals surface area contributed by atoms with E-state index in [-0.39, 0.29) is 17.6 Å². The molecule has 2 aliphatic carbocycles. The molecule has 156 valence electrons. The van der Waals surface area contributed by atoms with Crippen LogP contribution in [0.3, 0.4) is 0 Å². The molecule has 3 aliphatic rings. The van der Waals surface area contributed by atoms with E-state index in [4.69, 9.17) is 0 Å². The second-order valence-corrected chi connectivity index (χ2v) is 9.75. The molecule has 1 aromatic carbocycles. The summed E-state index contributed by atoms with van der Waals surface area (Å²) in [6.07, 6.45) is 11.2. The van der Waals surface area contributed by atoms with Crippen molar-refractivity contribution in [1.29, 1.82) is 0 Å². The number of benzene rings is 1. The van der Waals surface area contributed by atoms with Crippen LogP contribution in [0.25, 0.3) is 0 Å². The fourth-order valence-corrected chi connectivity index (χ4v) is 4.92. The minimum atomic E-state index is -0.0391. The summed E-state index contributed by atoms with van der Waals surface area (Å²) in [5, 5.41) is 7.74. The van der Waals surface area contributed by atoms with E-state index in [2.05, 4.69) is 56.7 Å². The van der Waals surface area contributed by atoms with Crippen molar-refractivity contribution in [1.82, 2.24) is 5.43 Å². The highest BCUT2D eigenvalue weighted by Gasteiger charge is 2.23. The third kappa shape index (κ3) is 4.91. The SMILES string of the molecule is CC1CC(=O)NN=C1c1ccc(NC2=C(CC3=CC(I)CC=C3)C(=O)CCC2)cc1. The molecule has 0 radical (unpaired) electrons. The maximum absolute atomic E-state index is 12.7. The zero-order valence-corrected chi connectivity index (χ0v) is 19.2. The summed E-state index contributed by atoms with van der Waals surface area (Å²) in [7, 11) is 0. The molecular weight excluding hydrogens is 489 g/mol. The van der Waals surface area contributed by atoms with E-state index in [0.29, 0.717) is 23.2 Å². The van der Waals surface area contributed by atoms with E-state index in [1.807, 2.05) is 31.2 Å². The molecule has 6 heteroatoms. The lowest BCUT2D eigenvalue weighted by molar-refractivity contribution is -0.122. The lowest BCUT2D eigenvalue weighted by Gasteiger charge is -2.23. The standard InChI is InChI=1S/C24H26IN3O2/c1-15-12-23(30)27-28-24(15)17-8-10-19(11-9-17)26-21-6-3-7-22(29)20(21)14-16-4-2-5-18(25)13-16/h2,4,8-11,13,15,18,26H,3,5-7,12,14H2,1H3,(H,27,30). The van der Waals surface area contributed by atoms with E-state index in [9.17, 15) is 9.59 Å². The van der Waals surface area contributed by atoms with Crippen LogP contribution in [0.4, 0.5) is 5.69 Å². The number of nitrogens with zero attached hydrogens (tertiary/aromatic N) is 1. The number of rotatable bonds is 5. The lowest BCUT2D eigenvalue weighted by atomic mass is 9.88. The first-order valence-corrected chi connectivity index (χ1v) is 11.7. The van der Waals surface area contributed by atoms with Crippen molar-refractivity contribution >= 4 is 45.7 Å². The number of hydrazone groups is 1. The van der Waals surface area contributed by atoms with Gasteiger partial charge in [0.15, 0.2) is 5.78 Å². The zero-order chi connectivity index (χ0) is 21.1. The van der Waals surface area contributed by atoms with E-state index < -0.39 is 0 Å². The molecule has 30 heavy (non-hydrogen) atoms. The van der Waals surface area contributed by atoms with E-state index in [0.717, 1.165) is 47.5 Å². The largest absolute Gasteiger partial charge is 0.359 e. The average Bonchev–Trinajstić information content (AvgIpc) is 2.71. The molecule has 1 aromatic rings. The normalized spacial score (nSPS) is 24.3. The molecule has 4 rings (SSSR count). The van der Waals surface area contributed by atoms with Crippen LogP contribution in [0, 0.1) is 5.92 Å². The molecule has 2 atom stereocenters. The van der Waals surface area contributed by atoms with Gasteiger partial charge in [-0.3, -0.25) is 9.59 Å². The Morgan fingerprint density at radius 1 is 1.20 bits per heavy atom. The Hall–Kier alpha value is -2.22. The number of ketones is 1. The van der Waals surface area contributed by atoms with Gasteiger partial charge in [0.1, 0.15) is 0 Å². The fraction of sp³-hybridized carbons (Fsp3) is 0.375. The lowest BCUT2D eigenvalue weighted by Crippen LogP contribution is -2.31. The summed E-state index contributed by atoms with van der Waals surface area (Å²) in [5.74, 6) is 0.315. The quantitative estimate of drug-likeness (QED) is 0.426. The molecule has 2 N–H and O–H groups in total. The van der Waals surface area contributed by atoms with E-state index in [1.54, 1.807) is 0 Å². The van der Waals surface area contributed by atoms with E-state index >= 15 is 0 Å². The number of hydrogen-bond acceptors (Lipinski definition) is 4. The van der Waals surface area contributed by atoms with Gasteiger partial charge in [0, 0.05) is 46.1 Å². The third-order valence-electron chi connectivity index (χ3n) is 5.74. The Balaban J connectivity index is 1.53. The van der Waals surface area contributed by atoms with Gasteiger partial charge in [-0.25, -0.2) is 5.43 Å². The number of alkyl halides is 1. The summed E-state index contributed by atoms with van der Waals surface area (Å²) < 4.78 is 0.501. The Bertz CT molecular complexity index is 973. The van der Waals surface area contributed by atoms with Crippen molar-refractivity contribution in [2.45, 2.75) is 49.4 Å². The highest BCUT2D eigenvalue weighted by Crippen LogP contribution is 2.31. The van der Waals surface area contributed by atoms with Gasteiger partial charge in [-0.15, -0.1) is 0 Å². The number of halogens is 1. The van der Waals surface area contributed by atoms with Gasteiger partial charge >= 0.3 is 0 Å². The Morgan fingerprint density at radius 2 is 2.00 bits per heavy atom. The van der Waals surface area contributed by atoms with Gasteiger partial charge in [-0.2, -0.15) is 5.10 Å². The predicted molar refractivity (Wildman–Crippen MR) is 129 cm³/mol. The second kappa shape index (κ2) is 9.29. The number of nitrogens with one attached hydrogen (secondary N) is 2. The minimum absolute atomic E-state index is 0.0391. The van der Waals surface area contributed by atoms with Crippen LogP contribution < -0.4 is 10.7 Å². The molecule has 0 saturated heterocycles. The topological polar surface area (TPSA) is 70.6 Å². The number of carbonyl (C=O) groups is 2. The molecule has 0 bridgehead atoms. The molecule has 5 nitrogen and oxygen atoms in total. The number of amides is 1. The smallest absolute Gasteiger partial charge is 0.240 e. The second-order valence-electron chi connectivity index (χ2n) is 8.15. The predicted octanol–water partition coefficient (Wildman–Crippen LogP) is 5.05. The van der Waals surface area contributed by atoms with Crippen molar-refractivity contribution < 1.29 is 9.59 Å². The first kappa shape index (κ1) is 21.0. The van der Waals surface area contributed by atoms with Crippen LogP contribution in [0.2, 0.25) is 0 Å². The summed E-state index contributed by atoms with van der Waals surface area (Å²) in [4.78, 5) is 24.1. The highest BCUT2D eigenvalue weighted by molar-refractivity contribution is 14.1. The maximum atomic E-state index is 12.7. The fourth-order valence-electron chi connectivity index (χ4n) is 4.17. The minimum Gasteiger partial charge on any atom is -0.359 e. The summed E-state index contributed by atoms with van der Waals surface area (Å²) in [6, 6.07) is 8.08. The van der Waals surface area contributed by atoms with Crippen molar-refractivity contribution in [2.75, 3.05) is 5.32 Å². The summed E-state index contributed by atoms with van der Waals surface area (Å²) in [5.41, 5.74) is 8.63. The van der Waals surface area contributed by atoms with Crippen LogP contribution >= 0.6 is 22.6 Å². The first-order valence-electron chi connectivity index (χ1n) is 10.5.